The zero-order valence-corrected chi connectivity index (χ0v) is 23.4. The molecule has 1 saturated heterocycles. The van der Waals surface area contributed by atoms with E-state index in [0.717, 1.165) is 21.3 Å². The molecule has 0 aliphatic carbocycles. The summed E-state index contributed by atoms with van der Waals surface area (Å²) in [5.41, 5.74) is 4.68. The lowest BCUT2D eigenvalue weighted by Gasteiger charge is -2.23. The predicted octanol–water partition coefficient (Wildman–Crippen LogP) is 4.55. The number of hydrogen-bond acceptors (Lipinski definition) is 5. The topological polar surface area (TPSA) is 93.5 Å². The average Bonchev–Trinajstić information content (AvgIpc) is 3.49. The van der Waals surface area contributed by atoms with Crippen LogP contribution < -0.4 is 4.72 Å². The van der Waals surface area contributed by atoms with Crippen molar-refractivity contribution < 1.29 is 22.3 Å². The van der Waals surface area contributed by atoms with Gasteiger partial charge in [0.1, 0.15) is 17.6 Å². The number of carbonyl (C=O) groups is 1. The van der Waals surface area contributed by atoms with Crippen LogP contribution in [-0.4, -0.2) is 41.7 Å². The Kier molecular flexibility index (Phi) is 8.22. The van der Waals surface area contributed by atoms with Crippen molar-refractivity contribution in [2.75, 3.05) is 6.54 Å². The van der Waals surface area contributed by atoms with Gasteiger partial charge in [0.15, 0.2) is 6.23 Å². The fraction of sp³-hybridized carbons (Fsp3) is 0.214. The predicted molar refractivity (Wildman–Crippen MR) is 149 cm³/mol. The van der Waals surface area contributed by atoms with E-state index in [0.29, 0.717) is 29.8 Å². The maximum Gasteiger partial charge on any atom is 0.253 e. The Morgan fingerprint density at radius 1 is 1.00 bits per heavy atom. The smallest absolute Gasteiger partial charge is 0.253 e. The number of ether oxygens (including phenoxy) is 1. The van der Waals surface area contributed by atoms with Crippen LogP contribution in [0.4, 0.5) is 4.39 Å². The molecule has 0 bridgehead atoms. The van der Waals surface area contributed by atoms with Crippen LogP contribution in [0.1, 0.15) is 29.8 Å². The Balaban J connectivity index is 1.44. The first-order chi connectivity index (χ1) is 18.8. The minimum absolute atomic E-state index is 0.124. The van der Waals surface area contributed by atoms with Crippen molar-refractivity contribution in [3.63, 3.8) is 0 Å². The summed E-state index contributed by atoms with van der Waals surface area (Å²) >= 11 is 3.45. The molecule has 0 saturated carbocycles. The summed E-state index contributed by atoms with van der Waals surface area (Å²) < 4.78 is 46.5. The van der Waals surface area contributed by atoms with E-state index in [1.807, 2.05) is 54.7 Å². The number of hydrogen-bond donors (Lipinski definition) is 2. The Bertz CT molecular complexity index is 1530. The van der Waals surface area contributed by atoms with Crippen LogP contribution >= 0.6 is 15.9 Å². The number of nitrogens with one attached hydrogen (secondary N) is 1. The van der Waals surface area contributed by atoms with Gasteiger partial charge in [0, 0.05) is 34.9 Å². The van der Waals surface area contributed by atoms with E-state index >= 15 is 0 Å². The lowest BCUT2D eigenvalue weighted by Crippen LogP contribution is -2.32. The number of aromatic nitrogens is 2. The van der Waals surface area contributed by atoms with Crippen molar-refractivity contribution in [1.82, 2.24) is 19.4 Å². The number of benzene rings is 3. The number of nitrogens with zero attached hydrogens (tertiary/aromatic N) is 3. The van der Waals surface area contributed by atoms with Crippen LogP contribution in [0.5, 0.6) is 0 Å². The number of carbonyl (C=O) groups excluding carboxylic acids is 1. The van der Waals surface area contributed by atoms with Gasteiger partial charge in [-0.1, -0.05) is 40.2 Å². The molecule has 2 heterocycles. The van der Waals surface area contributed by atoms with Gasteiger partial charge in [0.05, 0.1) is 5.69 Å². The molecule has 8 nitrogen and oxygen atoms in total. The molecule has 0 radical (unpaired) electrons. The van der Waals surface area contributed by atoms with Gasteiger partial charge in [-0.05, 0) is 73.0 Å². The van der Waals surface area contributed by atoms with Gasteiger partial charge >= 0.3 is 0 Å². The molecule has 4 aromatic rings. The number of amides is 1. The van der Waals surface area contributed by atoms with Gasteiger partial charge in [0.25, 0.3) is 5.91 Å². The van der Waals surface area contributed by atoms with Crippen molar-refractivity contribution >= 4 is 32.7 Å². The highest BCUT2D eigenvalue weighted by Gasteiger charge is 2.40. The first-order valence-electron chi connectivity index (χ1n) is 12.3. The fourth-order valence-electron chi connectivity index (χ4n) is 4.50. The van der Waals surface area contributed by atoms with Crippen molar-refractivity contribution in [2.45, 2.75) is 32.2 Å². The number of rotatable bonds is 9. The van der Waals surface area contributed by atoms with Gasteiger partial charge in [0.2, 0.25) is 10.9 Å². The van der Waals surface area contributed by atoms with Crippen LogP contribution in [0, 0.1) is 5.82 Å². The quantitative estimate of drug-likeness (QED) is 0.271. The van der Waals surface area contributed by atoms with Gasteiger partial charge in [-0.2, -0.15) is 5.10 Å². The SMILES string of the molecule is C[C@@H]1O[C@H](c2cn(-c3ccc(Br)cc3)nc2-c2ccc(F)cc2)N(CCc2ccc(CN[SH](=O)=O)cc2)C1=O. The van der Waals surface area contributed by atoms with Crippen LogP contribution in [0.25, 0.3) is 16.9 Å². The largest absolute Gasteiger partial charge is 0.341 e. The van der Waals surface area contributed by atoms with Gasteiger partial charge in [-0.25, -0.2) is 22.2 Å². The van der Waals surface area contributed by atoms with Crippen LogP contribution in [0.2, 0.25) is 0 Å². The molecule has 1 fully saturated rings. The molecular weight excluding hydrogens is 587 g/mol. The summed E-state index contributed by atoms with van der Waals surface area (Å²) in [6.07, 6.45) is 1.13. The highest BCUT2D eigenvalue weighted by molar-refractivity contribution is 9.10. The van der Waals surface area contributed by atoms with Gasteiger partial charge in [-0.15, -0.1) is 0 Å². The zero-order valence-electron chi connectivity index (χ0n) is 21.0. The highest BCUT2D eigenvalue weighted by Crippen LogP contribution is 2.37. The van der Waals surface area contributed by atoms with E-state index in [1.54, 1.807) is 28.6 Å². The minimum atomic E-state index is -2.65. The highest BCUT2D eigenvalue weighted by atomic mass is 79.9. The Morgan fingerprint density at radius 3 is 2.33 bits per heavy atom. The molecule has 1 aliphatic heterocycles. The van der Waals surface area contributed by atoms with Gasteiger partial charge < -0.3 is 9.64 Å². The lowest BCUT2D eigenvalue weighted by molar-refractivity contribution is -0.130. The normalized spacial score (nSPS) is 17.3. The monoisotopic (exact) mass is 612 g/mol. The molecule has 2 atom stereocenters. The third kappa shape index (κ3) is 6.27. The van der Waals surface area contributed by atoms with Crippen LogP contribution in [0.3, 0.4) is 0 Å². The molecule has 0 unspecified atom stereocenters. The number of halogens is 2. The molecule has 1 aliphatic rings. The Hall–Kier alpha value is -3.38. The molecular formula is C28H26BrFN4O4S. The molecule has 1 N–H and O–H groups in total. The molecule has 3 aromatic carbocycles. The van der Waals surface area contributed by atoms with Crippen molar-refractivity contribution in [2.24, 2.45) is 0 Å². The minimum Gasteiger partial charge on any atom is -0.341 e. The molecule has 0 spiro atoms. The Labute approximate surface area is 235 Å². The van der Waals surface area contributed by atoms with Crippen molar-refractivity contribution in [3.05, 3.63) is 106 Å². The van der Waals surface area contributed by atoms with Crippen molar-refractivity contribution in [1.29, 1.82) is 0 Å². The molecule has 1 aromatic heterocycles. The second-order valence-corrected chi connectivity index (χ2v) is 10.9. The Morgan fingerprint density at radius 2 is 1.67 bits per heavy atom. The maximum atomic E-state index is 13.7. The molecule has 11 heteroatoms. The maximum absolute atomic E-state index is 13.7. The first-order valence-corrected chi connectivity index (χ1v) is 14.3. The molecule has 202 valence electrons. The lowest BCUT2D eigenvalue weighted by atomic mass is 10.1. The van der Waals surface area contributed by atoms with E-state index in [9.17, 15) is 17.6 Å². The fourth-order valence-corrected chi connectivity index (χ4v) is 5.07. The molecule has 1 amide bonds. The zero-order chi connectivity index (χ0) is 27.5. The summed E-state index contributed by atoms with van der Waals surface area (Å²) in [6, 6.07) is 21.3. The van der Waals surface area contributed by atoms with E-state index < -0.39 is 23.2 Å². The van der Waals surface area contributed by atoms with Crippen molar-refractivity contribution in [3.8, 4) is 16.9 Å². The standard InChI is InChI=1S/C28H26BrFN4O4S/c1-18-27(35)33(15-14-19-2-4-20(5-3-19)16-31-39(36)37)28(38-18)25-17-34(24-12-8-22(29)9-13-24)32-26(25)21-6-10-23(30)11-7-21/h2-13,17-18,28,39H,14-16H2,1H3,(H,31,36,37)/t18-,28+/m0/s1. The second kappa shape index (κ2) is 11.8. The second-order valence-electron chi connectivity index (χ2n) is 9.18. The van der Waals surface area contributed by atoms with E-state index in [2.05, 4.69) is 20.7 Å². The third-order valence-corrected chi connectivity index (χ3v) is 7.49. The summed E-state index contributed by atoms with van der Waals surface area (Å²) in [5.74, 6) is -0.472. The summed E-state index contributed by atoms with van der Waals surface area (Å²) in [6.45, 7) is 2.37. The van der Waals surface area contributed by atoms with E-state index in [4.69, 9.17) is 9.84 Å². The average molecular weight is 614 g/mol. The summed E-state index contributed by atoms with van der Waals surface area (Å²) in [4.78, 5) is 14.9. The first kappa shape index (κ1) is 27.2. The summed E-state index contributed by atoms with van der Waals surface area (Å²) in [5, 5.41) is 4.81. The molecule has 39 heavy (non-hydrogen) atoms. The van der Waals surface area contributed by atoms with Crippen LogP contribution in [-0.2, 0) is 33.4 Å². The third-order valence-electron chi connectivity index (χ3n) is 6.54. The van der Waals surface area contributed by atoms with E-state index in [-0.39, 0.29) is 18.3 Å². The van der Waals surface area contributed by atoms with Crippen LogP contribution in [0.15, 0.2) is 83.5 Å². The van der Waals surface area contributed by atoms with E-state index in [1.165, 1.54) is 12.1 Å². The summed E-state index contributed by atoms with van der Waals surface area (Å²) in [7, 11) is -2.65. The van der Waals surface area contributed by atoms with Gasteiger partial charge in [-0.3, -0.25) is 4.79 Å². The number of thiol groups is 1. The molecule has 5 rings (SSSR count).